The van der Waals surface area contributed by atoms with Crippen LogP contribution in [0, 0.1) is 19.3 Å². The maximum absolute atomic E-state index is 5.31. The Morgan fingerprint density at radius 2 is 2.04 bits per heavy atom. The topological polar surface area (TPSA) is 63.5 Å². The highest BCUT2D eigenvalue weighted by atomic mass is 127. The van der Waals surface area contributed by atoms with Crippen molar-refractivity contribution in [3.63, 3.8) is 0 Å². The lowest BCUT2D eigenvalue weighted by molar-refractivity contribution is 0.138. The van der Waals surface area contributed by atoms with E-state index < -0.39 is 0 Å². The Morgan fingerprint density at radius 1 is 1.31 bits per heavy atom. The molecule has 1 aliphatic carbocycles. The summed E-state index contributed by atoms with van der Waals surface area (Å²) in [6.45, 7) is 7.79. The van der Waals surface area contributed by atoms with Crippen LogP contribution in [0.3, 0.4) is 0 Å². The summed E-state index contributed by atoms with van der Waals surface area (Å²) in [5.74, 6) is 0.900. The number of rotatable bonds is 9. The van der Waals surface area contributed by atoms with Gasteiger partial charge in [0.15, 0.2) is 5.96 Å². The molecule has 0 atom stereocenters. The van der Waals surface area contributed by atoms with Crippen molar-refractivity contribution in [1.29, 1.82) is 0 Å². The first-order chi connectivity index (χ1) is 12.1. The van der Waals surface area contributed by atoms with Gasteiger partial charge in [0.25, 0.3) is 0 Å². The molecular weight excluding hydrogens is 441 g/mol. The van der Waals surface area contributed by atoms with Crippen molar-refractivity contribution in [2.24, 2.45) is 10.4 Å². The molecule has 6 nitrogen and oxygen atoms in total. The first-order valence-electron chi connectivity index (χ1n) is 9.53. The SMILES string of the molecule is CN=C(NCCCn1nc(C)cc1C)NCC1(CCOC)CCCC1.I. The van der Waals surface area contributed by atoms with Gasteiger partial charge in [0, 0.05) is 46.1 Å². The molecule has 0 radical (unpaired) electrons. The maximum Gasteiger partial charge on any atom is 0.190 e. The predicted molar refractivity (Wildman–Crippen MR) is 118 cm³/mol. The summed E-state index contributed by atoms with van der Waals surface area (Å²) in [5, 5.41) is 11.5. The number of aromatic nitrogens is 2. The van der Waals surface area contributed by atoms with E-state index in [2.05, 4.69) is 38.4 Å². The first kappa shape index (κ1) is 23.2. The number of nitrogens with one attached hydrogen (secondary N) is 2. The van der Waals surface area contributed by atoms with Crippen molar-refractivity contribution in [2.45, 2.75) is 58.9 Å². The van der Waals surface area contributed by atoms with Crippen molar-refractivity contribution in [3.05, 3.63) is 17.5 Å². The van der Waals surface area contributed by atoms with Crippen LogP contribution in [0.15, 0.2) is 11.1 Å². The average Bonchev–Trinajstić information content (AvgIpc) is 3.19. The van der Waals surface area contributed by atoms with Crippen molar-refractivity contribution >= 4 is 29.9 Å². The Kier molecular flexibility index (Phi) is 10.5. The summed E-state index contributed by atoms with van der Waals surface area (Å²) in [6, 6.07) is 2.12. The lowest BCUT2D eigenvalue weighted by atomic mass is 9.83. The molecule has 0 aromatic carbocycles. The smallest absolute Gasteiger partial charge is 0.190 e. The number of ether oxygens (including phenoxy) is 1. The molecule has 0 spiro atoms. The molecule has 1 saturated carbocycles. The first-order valence-corrected chi connectivity index (χ1v) is 9.53. The number of nitrogens with zero attached hydrogens (tertiary/aromatic N) is 3. The standard InChI is InChI=1S/C19H35N5O.HI/c1-16-14-17(2)24(23-16)12-7-11-21-18(20-3)22-15-19(10-13-25-4)8-5-6-9-19;/h14H,5-13,15H2,1-4H3,(H2,20,21,22);1H. The van der Waals surface area contributed by atoms with Crippen LogP contribution >= 0.6 is 24.0 Å². The fourth-order valence-electron chi connectivity index (χ4n) is 3.79. The van der Waals surface area contributed by atoms with Crippen molar-refractivity contribution < 1.29 is 4.74 Å². The van der Waals surface area contributed by atoms with E-state index >= 15 is 0 Å². The number of aliphatic imine (C=N–C) groups is 1. The number of halogens is 1. The molecule has 1 aliphatic rings. The van der Waals surface area contributed by atoms with Crippen LogP contribution in [0.2, 0.25) is 0 Å². The second kappa shape index (κ2) is 11.8. The van der Waals surface area contributed by atoms with Gasteiger partial charge in [-0.3, -0.25) is 9.67 Å². The highest BCUT2D eigenvalue weighted by Gasteiger charge is 2.33. The molecule has 7 heteroatoms. The van der Waals surface area contributed by atoms with Gasteiger partial charge in [0.1, 0.15) is 0 Å². The normalized spacial score (nSPS) is 16.4. The molecule has 0 bridgehead atoms. The van der Waals surface area contributed by atoms with Gasteiger partial charge < -0.3 is 15.4 Å². The van der Waals surface area contributed by atoms with Crippen LogP contribution in [-0.2, 0) is 11.3 Å². The molecule has 2 rings (SSSR count). The zero-order valence-corrected chi connectivity index (χ0v) is 19.1. The number of hydrogen-bond acceptors (Lipinski definition) is 3. The van der Waals surface area contributed by atoms with Gasteiger partial charge in [-0.25, -0.2) is 0 Å². The predicted octanol–water partition coefficient (Wildman–Crippen LogP) is 3.27. The Bertz CT molecular complexity index is 552. The molecule has 2 N–H and O–H groups in total. The minimum Gasteiger partial charge on any atom is -0.385 e. The minimum atomic E-state index is 0. The number of aryl methyl sites for hydroxylation is 3. The molecular formula is C19H36IN5O. The maximum atomic E-state index is 5.31. The Hall–Kier alpha value is -0.830. The van der Waals surface area contributed by atoms with E-state index in [0.717, 1.165) is 50.7 Å². The van der Waals surface area contributed by atoms with E-state index in [1.807, 2.05) is 14.0 Å². The molecule has 26 heavy (non-hydrogen) atoms. The molecule has 0 aliphatic heterocycles. The number of hydrogen-bond donors (Lipinski definition) is 2. The largest absolute Gasteiger partial charge is 0.385 e. The van der Waals surface area contributed by atoms with E-state index in [0.29, 0.717) is 5.41 Å². The summed E-state index contributed by atoms with van der Waals surface area (Å²) >= 11 is 0. The second-order valence-electron chi connectivity index (χ2n) is 7.31. The molecule has 1 aromatic heterocycles. The summed E-state index contributed by atoms with van der Waals surface area (Å²) in [7, 11) is 3.63. The van der Waals surface area contributed by atoms with E-state index in [-0.39, 0.29) is 24.0 Å². The van der Waals surface area contributed by atoms with Crippen LogP contribution in [0.4, 0.5) is 0 Å². The molecule has 0 amide bonds. The van der Waals surface area contributed by atoms with Gasteiger partial charge in [-0.15, -0.1) is 24.0 Å². The van der Waals surface area contributed by atoms with Gasteiger partial charge in [-0.05, 0) is 51.0 Å². The Labute approximate surface area is 175 Å². The lowest BCUT2D eigenvalue weighted by Crippen LogP contribution is -2.43. The fourth-order valence-corrected chi connectivity index (χ4v) is 3.79. The van der Waals surface area contributed by atoms with Crippen LogP contribution in [0.25, 0.3) is 0 Å². The Morgan fingerprint density at radius 3 is 2.62 bits per heavy atom. The van der Waals surface area contributed by atoms with E-state index in [1.54, 1.807) is 7.11 Å². The van der Waals surface area contributed by atoms with Crippen molar-refractivity contribution in [3.8, 4) is 0 Å². The number of methoxy groups -OCH3 is 1. The lowest BCUT2D eigenvalue weighted by Gasteiger charge is -2.30. The average molecular weight is 477 g/mol. The van der Waals surface area contributed by atoms with Crippen LogP contribution < -0.4 is 10.6 Å². The molecule has 0 saturated heterocycles. The van der Waals surface area contributed by atoms with E-state index in [4.69, 9.17) is 4.74 Å². The third-order valence-corrected chi connectivity index (χ3v) is 5.30. The summed E-state index contributed by atoms with van der Waals surface area (Å²) < 4.78 is 7.39. The summed E-state index contributed by atoms with van der Waals surface area (Å²) in [5.41, 5.74) is 2.68. The van der Waals surface area contributed by atoms with Gasteiger partial charge >= 0.3 is 0 Å². The van der Waals surface area contributed by atoms with Crippen molar-refractivity contribution in [1.82, 2.24) is 20.4 Å². The van der Waals surface area contributed by atoms with E-state index in [1.165, 1.54) is 31.4 Å². The third kappa shape index (κ3) is 7.06. The molecule has 1 aromatic rings. The molecule has 1 heterocycles. The zero-order chi connectivity index (χ0) is 18.1. The zero-order valence-electron chi connectivity index (χ0n) is 16.8. The molecule has 150 valence electrons. The molecule has 0 unspecified atom stereocenters. The van der Waals surface area contributed by atoms with Gasteiger partial charge in [-0.1, -0.05) is 12.8 Å². The number of guanidine groups is 1. The quantitative estimate of drug-likeness (QED) is 0.248. The van der Waals surface area contributed by atoms with Gasteiger partial charge in [0.2, 0.25) is 0 Å². The van der Waals surface area contributed by atoms with Crippen LogP contribution in [0.1, 0.15) is 49.9 Å². The minimum absolute atomic E-state index is 0. The molecule has 1 fully saturated rings. The monoisotopic (exact) mass is 477 g/mol. The Balaban J connectivity index is 0.00000338. The van der Waals surface area contributed by atoms with Crippen LogP contribution in [0.5, 0.6) is 0 Å². The van der Waals surface area contributed by atoms with E-state index in [9.17, 15) is 0 Å². The van der Waals surface area contributed by atoms with Gasteiger partial charge in [-0.2, -0.15) is 5.10 Å². The second-order valence-corrected chi connectivity index (χ2v) is 7.31. The highest BCUT2D eigenvalue weighted by Crippen LogP contribution is 2.40. The summed E-state index contributed by atoms with van der Waals surface area (Å²) in [6.07, 6.45) is 7.40. The van der Waals surface area contributed by atoms with Crippen molar-refractivity contribution in [2.75, 3.05) is 33.9 Å². The summed E-state index contributed by atoms with van der Waals surface area (Å²) in [4.78, 5) is 4.37. The van der Waals surface area contributed by atoms with Gasteiger partial charge in [0.05, 0.1) is 5.69 Å². The highest BCUT2D eigenvalue weighted by molar-refractivity contribution is 14.0. The third-order valence-electron chi connectivity index (χ3n) is 5.30. The van der Waals surface area contributed by atoms with Crippen LogP contribution in [-0.4, -0.2) is 49.6 Å². The fraction of sp³-hybridized carbons (Fsp3) is 0.789.